The molecular formula is C12H25NNaO5P. The number of unbranched alkanes of at least 4 members (excludes halogenated alkanes) is 1. The zero-order valence-corrected chi connectivity index (χ0v) is 16.0. The van der Waals surface area contributed by atoms with E-state index >= 15 is 0 Å². The molecule has 0 fully saturated rings. The van der Waals surface area contributed by atoms with Crippen LogP contribution < -0.4 is 34.7 Å². The van der Waals surface area contributed by atoms with Gasteiger partial charge in [0.2, 0.25) is 0 Å². The first-order valence-corrected chi connectivity index (χ1v) is 8.50. The third kappa shape index (κ3) is 11.3. The summed E-state index contributed by atoms with van der Waals surface area (Å²) < 4.78 is 22.8. The van der Waals surface area contributed by atoms with Crippen LogP contribution in [0.1, 0.15) is 40.0 Å². The van der Waals surface area contributed by atoms with Crippen LogP contribution in [0.25, 0.3) is 0 Å². The number of hydrogen-bond donors (Lipinski definition) is 0. The molecule has 0 atom stereocenters. The SMILES string of the molecule is CCCCN(CCC(=O)[O-])CP(=O)(OCC)OCC.[Na+]. The van der Waals surface area contributed by atoms with Gasteiger partial charge in [0.1, 0.15) is 6.29 Å². The van der Waals surface area contributed by atoms with Gasteiger partial charge in [-0.15, -0.1) is 0 Å². The van der Waals surface area contributed by atoms with Crippen molar-refractivity contribution in [1.29, 1.82) is 0 Å². The van der Waals surface area contributed by atoms with Gasteiger partial charge in [-0.3, -0.25) is 9.46 Å². The van der Waals surface area contributed by atoms with Crippen LogP contribution in [0.15, 0.2) is 0 Å². The zero-order valence-electron chi connectivity index (χ0n) is 13.1. The fraction of sp³-hybridized carbons (Fsp3) is 0.917. The molecule has 0 aromatic rings. The first kappa shape index (κ1) is 22.9. The summed E-state index contributed by atoms with van der Waals surface area (Å²) in [5, 5.41) is 10.5. The standard InChI is InChI=1S/C12H26NO5P.Na/c1-4-7-9-13(10-8-12(14)15)11-19(16,17-5-2)18-6-3;/h4-11H2,1-3H3,(H,14,15);/q;+1/p-1. The second-order valence-corrected chi connectivity index (χ2v) is 6.20. The summed E-state index contributed by atoms with van der Waals surface area (Å²) in [6, 6.07) is 0. The van der Waals surface area contributed by atoms with Gasteiger partial charge in [-0.2, -0.15) is 0 Å². The Balaban J connectivity index is 0. The topological polar surface area (TPSA) is 78.9 Å². The molecule has 20 heavy (non-hydrogen) atoms. The summed E-state index contributed by atoms with van der Waals surface area (Å²) in [4.78, 5) is 12.3. The van der Waals surface area contributed by atoms with Gasteiger partial charge in [-0.25, -0.2) is 0 Å². The Morgan fingerprint density at radius 2 is 1.70 bits per heavy atom. The quantitative estimate of drug-likeness (QED) is 0.320. The van der Waals surface area contributed by atoms with E-state index in [2.05, 4.69) is 0 Å². The van der Waals surface area contributed by atoms with Gasteiger partial charge in [0.15, 0.2) is 0 Å². The second kappa shape index (κ2) is 13.3. The van der Waals surface area contributed by atoms with Crippen LogP contribution in [0.5, 0.6) is 0 Å². The molecule has 0 heterocycles. The molecule has 0 radical (unpaired) electrons. The van der Waals surface area contributed by atoms with Crippen LogP contribution in [-0.2, 0) is 18.4 Å². The predicted molar refractivity (Wildman–Crippen MR) is 71.8 cm³/mol. The van der Waals surface area contributed by atoms with Gasteiger partial charge in [0.25, 0.3) is 0 Å². The van der Waals surface area contributed by atoms with E-state index in [4.69, 9.17) is 9.05 Å². The number of carboxylic acids is 1. The Morgan fingerprint density at radius 1 is 1.15 bits per heavy atom. The Bertz CT molecular complexity index is 294. The minimum atomic E-state index is -3.16. The molecular weight excluding hydrogens is 292 g/mol. The maximum Gasteiger partial charge on any atom is 1.00 e. The molecule has 0 aliphatic carbocycles. The predicted octanol–water partition coefficient (Wildman–Crippen LogP) is -1.54. The molecule has 0 bridgehead atoms. The number of aliphatic carboxylic acids is 1. The van der Waals surface area contributed by atoms with Crippen molar-refractivity contribution in [3.63, 3.8) is 0 Å². The fourth-order valence-corrected chi connectivity index (χ4v) is 3.44. The molecule has 8 heteroatoms. The Hall–Kier alpha value is 0.580. The molecule has 0 amide bonds. The van der Waals surface area contributed by atoms with Crippen LogP contribution >= 0.6 is 7.60 Å². The second-order valence-electron chi connectivity index (χ2n) is 4.18. The molecule has 114 valence electrons. The van der Waals surface area contributed by atoms with Crippen LogP contribution in [0.3, 0.4) is 0 Å². The molecule has 0 aliphatic heterocycles. The molecule has 0 saturated carbocycles. The largest absolute Gasteiger partial charge is 1.00 e. The first-order valence-electron chi connectivity index (χ1n) is 6.77. The first-order chi connectivity index (χ1) is 8.97. The third-order valence-electron chi connectivity index (χ3n) is 2.48. The van der Waals surface area contributed by atoms with Crippen molar-refractivity contribution in [2.45, 2.75) is 40.0 Å². The summed E-state index contributed by atoms with van der Waals surface area (Å²) in [6.45, 7) is 7.13. The van der Waals surface area contributed by atoms with Gasteiger partial charge in [-0.1, -0.05) is 13.3 Å². The van der Waals surface area contributed by atoms with E-state index in [0.29, 0.717) is 26.3 Å². The minimum absolute atomic E-state index is 0. The molecule has 0 N–H and O–H groups in total. The molecule has 6 nitrogen and oxygen atoms in total. The zero-order chi connectivity index (χ0) is 14.7. The maximum absolute atomic E-state index is 12.4. The molecule has 0 saturated heterocycles. The molecule has 0 aromatic carbocycles. The van der Waals surface area contributed by atoms with Crippen LogP contribution in [-0.4, -0.2) is 43.5 Å². The van der Waals surface area contributed by atoms with Crippen molar-refractivity contribution < 1.29 is 53.1 Å². The smallest absolute Gasteiger partial charge is 0.550 e. The van der Waals surface area contributed by atoms with E-state index in [0.717, 1.165) is 12.8 Å². The number of hydrogen-bond acceptors (Lipinski definition) is 6. The van der Waals surface area contributed by atoms with Crippen molar-refractivity contribution in [3.8, 4) is 0 Å². The van der Waals surface area contributed by atoms with Gasteiger partial charge < -0.3 is 18.9 Å². The van der Waals surface area contributed by atoms with Crippen LogP contribution in [0.4, 0.5) is 0 Å². The summed E-state index contributed by atoms with van der Waals surface area (Å²) in [6.07, 6.45) is 1.94. The van der Waals surface area contributed by atoms with E-state index in [1.807, 2.05) is 11.8 Å². The van der Waals surface area contributed by atoms with Crippen molar-refractivity contribution in [2.24, 2.45) is 0 Å². The maximum atomic E-state index is 12.4. The Kier molecular flexibility index (Phi) is 15.1. The third-order valence-corrected chi connectivity index (χ3v) is 4.53. The van der Waals surface area contributed by atoms with Crippen LogP contribution in [0.2, 0.25) is 0 Å². The van der Waals surface area contributed by atoms with Crippen molar-refractivity contribution in [2.75, 3.05) is 32.6 Å². The average Bonchev–Trinajstić information content (AvgIpc) is 2.33. The number of carbonyl (C=O) groups excluding carboxylic acids is 1. The van der Waals surface area contributed by atoms with Gasteiger partial charge >= 0.3 is 37.2 Å². The number of carbonyl (C=O) groups is 1. The van der Waals surface area contributed by atoms with Crippen molar-refractivity contribution in [3.05, 3.63) is 0 Å². The molecule has 0 rings (SSSR count). The average molecular weight is 317 g/mol. The summed E-state index contributed by atoms with van der Waals surface area (Å²) in [5.41, 5.74) is 0. The van der Waals surface area contributed by atoms with Gasteiger partial charge in [0, 0.05) is 12.5 Å². The van der Waals surface area contributed by atoms with E-state index in [1.165, 1.54) is 0 Å². The Morgan fingerprint density at radius 3 is 2.10 bits per heavy atom. The normalized spacial score (nSPS) is 11.4. The monoisotopic (exact) mass is 317 g/mol. The van der Waals surface area contributed by atoms with E-state index in [1.54, 1.807) is 13.8 Å². The summed E-state index contributed by atoms with van der Waals surface area (Å²) in [5.74, 6) is -1.11. The van der Waals surface area contributed by atoms with Gasteiger partial charge in [0.05, 0.1) is 13.2 Å². The summed E-state index contributed by atoms with van der Waals surface area (Å²) >= 11 is 0. The molecule has 0 unspecified atom stereocenters. The minimum Gasteiger partial charge on any atom is -0.550 e. The number of rotatable bonds is 12. The fourth-order valence-electron chi connectivity index (χ4n) is 1.64. The number of carboxylic acid groups (broad SMARTS) is 1. The van der Waals surface area contributed by atoms with E-state index < -0.39 is 13.6 Å². The molecule has 0 aromatic heterocycles. The summed E-state index contributed by atoms with van der Waals surface area (Å²) in [7, 11) is -3.16. The molecule has 0 aliphatic rings. The van der Waals surface area contributed by atoms with E-state index in [-0.39, 0.29) is 42.3 Å². The van der Waals surface area contributed by atoms with Crippen molar-refractivity contribution >= 4 is 13.6 Å². The van der Waals surface area contributed by atoms with Crippen molar-refractivity contribution in [1.82, 2.24) is 4.90 Å². The van der Waals surface area contributed by atoms with Crippen LogP contribution in [0, 0.1) is 0 Å². The number of nitrogens with zero attached hydrogens (tertiary/aromatic N) is 1. The molecule has 0 spiro atoms. The van der Waals surface area contributed by atoms with E-state index in [9.17, 15) is 14.5 Å². The van der Waals surface area contributed by atoms with Gasteiger partial charge in [-0.05, 0) is 33.2 Å². The Labute approximate surface area is 144 Å².